The molecule has 1 rings (SSSR count). The van der Waals surface area contributed by atoms with E-state index in [-0.39, 0.29) is 0 Å². The van der Waals surface area contributed by atoms with Crippen LogP contribution < -0.4 is 0 Å². The first-order valence-corrected chi connectivity index (χ1v) is 5.81. The van der Waals surface area contributed by atoms with Gasteiger partial charge in [0.05, 0.1) is 19.8 Å². The van der Waals surface area contributed by atoms with E-state index < -0.39 is 46.9 Å². The molecule has 0 atom stereocenters. The fourth-order valence-corrected chi connectivity index (χ4v) is 1.64. The van der Waals surface area contributed by atoms with E-state index in [9.17, 15) is 40.3 Å². The molecule has 0 aliphatic rings. The van der Waals surface area contributed by atoms with Crippen LogP contribution in [-0.2, 0) is 15.1 Å². The van der Waals surface area contributed by atoms with Crippen LogP contribution in [0.3, 0.4) is 0 Å². The minimum atomic E-state index is -6.52. The number of esters is 2. The lowest BCUT2D eigenvalue weighted by atomic mass is 9.94. The monoisotopic (exact) mass is 363 g/mol. The summed E-state index contributed by atoms with van der Waals surface area (Å²) in [6, 6.07) is 0.945. The molecule has 0 unspecified atom stereocenters. The molecule has 1 aromatic rings. The third kappa shape index (κ3) is 3.12. The molecular weight excluding hydrogens is 355 g/mol. The normalized spacial score (nSPS) is 12.7. The maximum absolute atomic E-state index is 14.2. The first kappa shape index (κ1) is 19.6. The standard InChI is InChI=1S/C12H8F7NO4/c1-23-8(21)5-3-4-6(9(22)24-2)20-7(5)10(13,11(14,15)16)12(17,18)19/h3-4H,1-2H3. The topological polar surface area (TPSA) is 65.5 Å². The van der Waals surface area contributed by atoms with Crippen molar-refractivity contribution in [2.45, 2.75) is 18.0 Å². The predicted molar refractivity (Wildman–Crippen MR) is 61.8 cm³/mol. The molecule has 0 fully saturated rings. The highest BCUT2D eigenvalue weighted by Gasteiger charge is 2.75. The fourth-order valence-electron chi connectivity index (χ4n) is 1.64. The maximum atomic E-state index is 14.2. The number of ether oxygens (including phenoxy) is 2. The number of hydrogen-bond donors (Lipinski definition) is 0. The Morgan fingerprint density at radius 3 is 1.71 bits per heavy atom. The van der Waals surface area contributed by atoms with Crippen LogP contribution in [0.5, 0.6) is 0 Å². The smallest absolute Gasteiger partial charge is 0.437 e. The summed E-state index contributed by atoms with van der Waals surface area (Å²) in [5, 5.41) is 0. The van der Waals surface area contributed by atoms with Gasteiger partial charge >= 0.3 is 30.0 Å². The first-order chi connectivity index (χ1) is 10.8. The summed E-state index contributed by atoms with van der Waals surface area (Å²) >= 11 is 0. The number of rotatable bonds is 3. The highest BCUT2D eigenvalue weighted by atomic mass is 19.4. The summed E-state index contributed by atoms with van der Waals surface area (Å²) in [6.07, 6.45) is -13.0. The van der Waals surface area contributed by atoms with E-state index in [1.807, 2.05) is 0 Å². The number of hydrogen-bond acceptors (Lipinski definition) is 5. The van der Waals surface area contributed by atoms with Crippen LogP contribution in [0.15, 0.2) is 12.1 Å². The third-order valence-corrected chi connectivity index (χ3v) is 2.80. The van der Waals surface area contributed by atoms with Gasteiger partial charge in [-0.3, -0.25) is 0 Å². The van der Waals surface area contributed by atoms with Gasteiger partial charge in [0, 0.05) is 0 Å². The highest BCUT2D eigenvalue weighted by molar-refractivity contribution is 5.93. The minimum absolute atomic E-state index is 0.353. The Balaban J connectivity index is 3.85. The number of carbonyl (C=O) groups excluding carboxylic acids is 2. The molecule has 134 valence electrons. The van der Waals surface area contributed by atoms with Crippen LogP contribution in [0.25, 0.3) is 0 Å². The van der Waals surface area contributed by atoms with Crippen LogP contribution >= 0.6 is 0 Å². The van der Waals surface area contributed by atoms with Crippen molar-refractivity contribution in [3.63, 3.8) is 0 Å². The molecule has 1 heterocycles. The molecule has 0 aliphatic carbocycles. The summed E-state index contributed by atoms with van der Waals surface area (Å²) in [5.41, 5.74) is -10.9. The van der Waals surface area contributed by atoms with Crippen molar-refractivity contribution in [3.05, 3.63) is 29.1 Å². The molecule has 0 spiro atoms. The molecule has 0 radical (unpaired) electrons. The van der Waals surface area contributed by atoms with Crippen LogP contribution in [0, 0.1) is 0 Å². The van der Waals surface area contributed by atoms with Crippen molar-refractivity contribution in [2.75, 3.05) is 14.2 Å². The van der Waals surface area contributed by atoms with Crippen molar-refractivity contribution in [1.82, 2.24) is 4.98 Å². The zero-order chi connectivity index (χ0) is 18.9. The Morgan fingerprint density at radius 1 is 0.875 bits per heavy atom. The van der Waals surface area contributed by atoms with Crippen LogP contribution in [0.4, 0.5) is 30.7 Å². The van der Waals surface area contributed by atoms with Gasteiger partial charge in [0.15, 0.2) is 0 Å². The number of carbonyl (C=O) groups is 2. The zero-order valence-electron chi connectivity index (χ0n) is 11.9. The van der Waals surface area contributed by atoms with Crippen molar-refractivity contribution >= 4 is 11.9 Å². The second-order valence-electron chi connectivity index (χ2n) is 4.23. The maximum Gasteiger partial charge on any atom is 0.437 e. The second kappa shape index (κ2) is 6.24. The number of nitrogens with zero attached hydrogens (tertiary/aromatic N) is 1. The Kier molecular flexibility index (Phi) is 5.11. The van der Waals surface area contributed by atoms with Gasteiger partial charge in [-0.2, -0.15) is 26.3 Å². The number of halogens is 7. The van der Waals surface area contributed by atoms with Crippen molar-refractivity contribution in [2.24, 2.45) is 0 Å². The van der Waals surface area contributed by atoms with E-state index in [0.717, 1.165) is 7.11 Å². The lowest BCUT2D eigenvalue weighted by Gasteiger charge is -2.30. The average Bonchev–Trinajstić information content (AvgIpc) is 2.49. The van der Waals surface area contributed by atoms with Crippen LogP contribution in [0.1, 0.15) is 26.5 Å². The average molecular weight is 363 g/mol. The van der Waals surface area contributed by atoms with Gasteiger partial charge in [-0.25, -0.2) is 19.0 Å². The summed E-state index contributed by atoms with van der Waals surface area (Å²) in [4.78, 5) is 25.4. The summed E-state index contributed by atoms with van der Waals surface area (Å²) < 4.78 is 99.4. The van der Waals surface area contributed by atoms with Gasteiger partial charge in [-0.15, -0.1) is 0 Å². The Labute approximate surface area is 129 Å². The molecule has 5 nitrogen and oxygen atoms in total. The second-order valence-corrected chi connectivity index (χ2v) is 4.23. The highest BCUT2D eigenvalue weighted by Crippen LogP contribution is 2.53. The lowest BCUT2D eigenvalue weighted by Crippen LogP contribution is -2.52. The molecule has 12 heteroatoms. The molecule has 0 aliphatic heterocycles. The van der Waals surface area contributed by atoms with Gasteiger partial charge < -0.3 is 9.47 Å². The molecule has 0 amide bonds. The zero-order valence-corrected chi connectivity index (χ0v) is 11.9. The van der Waals surface area contributed by atoms with Crippen LogP contribution in [0.2, 0.25) is 0 Å². The molecule has 0 aromatic carbocycles. The largest absolute Gasteiger partial charge is 0.465 e. The Morgan fingerprint density at radius 2 is 1.33 bits per heavy atom. The Bertz CT molecular complexity index is 640. The number of methoxy groups -OCH3 is 2. The summed E-state index contributed by atoms with van der Waals surface area (Å²) in [6.45, 7) is 0. The van der Waals surface area contributed by atoms with Crippen molar-refractivity contribution in [3.8, 4) is 0 Å². The summed E-state index contributed by atoms with van der Waals surface area (Å²) in [7, 11) is 1.43. The van der Waals surface area contributed by atoms with E-state index >= 15 is 0 Å². The molecule has 0 saturated carbocycles. The van der Waals surface area contributed by atoms with E-state index in [4.69, 9.17) is 0 Å². The number of aromatic nitrogens is 1. The SMILES string of the molecule is COC(=O)c1ccc(C(=O)OC)c(C(F)(C(F)(F)F)C(F)(F)F)n1. The van der Waals surface area contributed by atoms with Gasteiger partial charge in [0.2, 0.25) is 0 Å². The minimum Gasteiger partial charge on any atom is -0.465 e. The van der Waals surface area contributed by atoms with E-state index in [0.29, 0.717) is 19.2 Å². The van der Waals surface area contributed by atoms with Gasteiger partial charge in [-0.1, -0.05) is 0 Å². The van der Waals surface area contributed by atoms with Crippen molar-refractivity contribution < 1.29 is 49.8 Å². The quantitative estimate of drug-likeness (QED) is 0.610. The van der Waals surface area contributed by atoms with Crippen molar-refractivity contribution in [1.29, 1.82) is 0 Å². The molecular formula is C12H8F7NO4. The molecule has 0 N–H and O–H groups in total. The number of pyridine rings is 1. The lowest BCUT2D eigenvalue weighted by molar-refractivity contribution is -0.350. The molecule has 0 bridgehead atoms. The first-order valence-electron chi connectivity index (χ1n) is 5.81. The van der Waals surface area contributed by atoms with E-state index in [1.165, 1.54) is 0 Å². The molecule has 1 aromatic heterocycles. The molecule has 0 saturated heterocycles. The van der Waals surface area contributed by atoms with Gasteiger partial charge in [0.1, 0.15) is 11.4 Å². The number of alkyl halides is 7. The summed E-state index contributed by atoms with van der Waals surface area (Å²) in [5.74, 6) is -3.14. The van der Waals surface area contributed by atoms with Gasteiger partial charge in [-0.05, 0) is 12.1 Å². The predicted octanol–water partition coefficient (Wildman–Crippen LogP) is 2.94. The van der Waals surface area contributed by atoms with Crippen LogP contribution in [-0.4, -0.2) is 43.5 Å². The van der Waals surface area contributed by atoms with E-state index in [1.54, 1.807) is 0 Å². The van der Waals surface area contributed by atoms with Gasteiger partial charge in [0.25, 0.3) is 0 Å². The third-order valence-electron chi connectivity index (χ3n) is 2.80. The Hall–Kier alpha value is -2.40. The van der Waals surface area contributed by atoms with E-state index in [2.05, 4.69) is 14.5 Å². The fraction of sp³-hybridized carbons (Fsp3) is 0.417. The molecule has 24 heavy (non-hydrogen) atoms.